The highest BCUT2D eigenvalue weighted by Crippen LogP contribution is 2.45. The topological polar surface area (TPSA) is 58.6 Å². The summed E-state index contributed by atoms with van der Waals surface area (Å²) in [6, 6.07) is 23.8. The van der Waals surface area contributed by atoms with Crippen molar-refractivity contribution >= 4 is 29.3 Å². The van der Waals surface area contributed by atoms with Crippen LogP contribution in [0.15, 0.2) is 72.8 Å². The normalized spacial score (nSPS) is 15.4. The summed E-state index contributed by atoms with van der Waals surface area (Å²) in [6.07, 6.45) is 2.96. The van der Waals surface area contributed by atoms with E-state index in [9.17, 15) is 9.59 Å². The van der Waals surface area contributed by atoms with Gasteiger partial charge in [0.25, 0.3) is 5.91 Å². The molecule has 0 aromatic heterocycles. The zero-order valence-electron chi connectivity index (χ0n) is 19.6. The maximum Gasteiger partial charge on any atom is 0.251 e. The molecular formula is C28H30N2O3S. The second-order valence-corrected chi connectivity index (χ2v) is 9.50. The Kier molecular flexibility index (Phi) is 7.91. The Morgan fingerprint density at radius 2 is 1.88 bits per heavy atom. The molecule has 176 valence electrons. The van der Waals surface area contributed by atoms with Gasteiger partial charge in [-0.2, -0.15) is 0 Å². The summed E-state index contributed by atoms with van der Waals surface area (Å²) < 4.78 is 5.53. The summed E-state index contributed by atoms with van der Waals surface area (Å²) in [5, 5.41) is 2.83. The number of nitrogens with one attached hydrogen (secondary N) is 1. The maximum absolute atomic E-state index is 12.8. The van der Waals surface area contributed by atoms with Gasteiger partial charge >= 0.3 is 0 Å². The third-order valence-electron chi connectivity index (χ3n) is 5.92. The Morgan fingerprint density at radius 3 is 2.68 bits per heavy atom. The number of rotatable bonds is 9. The van der Waals surface area contributed by atoms with Crippen LogP contribution in [0, 0.1) is 6.92 Å². The first-order valence-electron chi connectivity index (χ1n) is 11.6. The number of methoxy groups -OCH3 is 1. The van der Waals surface area contributed by atoms with Gasteiger partial charge in [0.05, 0.1) is 18.6 Å². The van der Waals surface area contributed by atoms with Crippen LogP contribution < -0.4 is 15.0 Å². The molecule has 0 saturated carbocycles. The lowest BCUT2D eigenvalue weighted by molar-refractivity contribution is -0.115. The number of amides is 2. The molecule has 3 aromatic carbocycles. The number of nitrogens with zero attached hydrogens (tertiary/aromatic N) is 1. The molecule has 6 heteroatoms. The number of unbranched alkanes of at least 4 members (excludes halogenated alkanes) is 1. The van der Waals surface area contributed by atoms with Crippen molar-refractivity contribution in [2.24, 2.45) is 0 Å². The van der Waals surface area contributed by atoms with E-state index >= 15 is 0 Å². The van der Waals surface area contributed by atoms with Gasteiger partial charge in [0.1, 0.15) is 11.1 Å². The van der Waals surface area contributed by atoms with E-state index in [0.29, 0.717) is 23.6 Å². The van der Waals surface area contributed by atoms with E-state index in [1.807, 2.05) is 55.5 Å². The first-order chi connectivity index (χ1) is 16.6. The van der Waals surface area contributed by atoms with Crippen LogP contribution in [-0.2, 0) is 11.2 Å². The molecule has 1 aliphatic rings. The van der Waals surface area contributed by atoms with Gasteiger partial charge in [-0.25, -0.2) is 0 Å². The highest BCUT2D eigenvalue weighted by molar-refractivity contribution is 8.00. The molecule has 0 aliphatic carbocycles. The number of carbonyl (C=O) groups excluding carboxylic acids is 2. The molecule has 1 aliphatic heterocycles. The Bertz CT molecular complexity index is 1150. The fourth-order valence-electron chi connectivity index (χ4n) is 4.16. The van der Waals surface area contributed by atoms with Gasteiger partial charge in [0, 0.05) is 12.1 Å². The van der Waals surface area contributed by atoms with Crippen molar-refractivity contribution < 1.29 is 14.3 Å². The third-order valence-corrected chi connectivity index (χ3v) is 7.13. The number of ether oxygens (including phenoxy) is 1. The number of benzene rings is 3. The summed E-state index contributed by atoms with van der Waals surface area (Å²) in [4.78, 5) is 27.4. The number of thioether (sulfide) groups is 1. The fraction of sp³-hybridized carbons (Fsp3) is 0.286. The van der Waals surface area contributed by atoms with E-state index in [0.717, 1.165) is 36.1 Å². The highest BCUT2D eigenvalue weighted by Gasteiger charge is 2.36. The van der Waals surface area contributed by atoms with Crippen LogP contribution in [0.1, 0.15) is 45.3 Å². The van der Waals surface area contributed by atoms with E-state index < -0.39 is 0 Å². The molecule has 1 unspecified atom stereocenters. The molecule has 0 spiro atoms. The van der Waals surface area contributed by atoms with Crippen LogP contribution >= 0.6 is 11.8 Å². The molecule has 34 heavy (non-hydrogen) atoms. The minimum atomic E-state index is -0.207. The van der Waals surface area contributed by atoms with Crippen molar-refractivity contribution in [2.75, 3.05) is 24.3 Å². The van der Waals surface area contributed by atoms with Crippen LogP contribution in [0.5, 0.6) is 5.75 Å². The average Bonchev–Trinajstić information content (AvgIpc) is 3.25. The lowest BCUT2D eigenvalue weighted by atomic mass is 10.1. The minimum Gasteiger partial charge on any atom is -0.495 e. The highest BCUT2D eigenvalue weighted by atomic mass is 32.2. The third kappa shape index (κ3) is 5.62. The monoisotopic (exact) mass is 474 g/mol. The predicted octanol–water partition coefficient (Wildman–Crippen LogP) is 5.53. The summed E-state index contributed by atoms with van der Waals surface area (Å²) in [7, 11) is 1.61. The van der Waals surface area contributed by atoms with Crippen molar-refractivity contribution in [2.45, 2.75) is 31.6 Å². The molecule has 0 bridgehead atoms. The lowest BCUT2D eigenvalue weighted by Gasteiger charge is -2.26. The van der Waals surface area contributed by atoms with Crippen LogP contribution in [0.3, 0.4) is 0 Å². The quantitative estimate of drug-likeness (QED) is 0.414. The first-order valence-corrected chi connectivity index (χ1v) is 12.6. The predicted molar refractivity (Wildman–Crippen MR) is 139 cm³/mol. The second-order valence-electron chi connectivity index (χ2n) is 8.43. The van der Waals surface area contributed by atoms with E-state index in [1.165, 1.54) is 5.56 Å². The maximum atomic E-state index is 12.8. The summed E-state index contributed by atoms with van der Waals surface area (Å²) in [5.41, 5.74) is 4.67. The number of carbonyl (C=O) groups is 2. The van der Waals surface area contributed by atoms with E-state index in [1.54, 1.807) is 23.8 Å². The zero-order valence-corrected chi connectivity index (χ0v) is 20.4. The molecule has 1 N–H and O–H groups in total. The number of aryl methyl sites for hydroxylation is 2. The molecular weight excluding hydrogens is 444 g/mol. The molecule has 4 rings (SSSR count). The van der Waals surface area contributed by atoms with Crippen molar-refractivity contribution in [3.05, 3.63) is 95.1 Å². The van der Waals surface area contributed by atoms with Gasteiger partial charge in [-0.05, 0) is 67.1 Å². The zero-order chi connectivity index (χ0) is 23.9. The Labute approximate surface area is 205 Å². The van der Waals surface area contributed by atoms with Gasteiger partial charge in [0.2, 0.25) is 5.91 Å². The number of hydrogen-bond acceptors (Lipinski definition) is 4. The molecule has 1 atom stereocenters. The van der Waals surface area contributed by atoms with Crippen molar-refractivity contribution in [1.82, 2.24) is 5.32 Å². The van der Waals surface area contributed by atoms with Crippen molar-refractivity contribution in [1.29, 1.82) is 0 Å². The molecule has 1 fully saturated rings. The molecule has 1 heterocycles. The average molecular weight is 475 g/mol. The summed E-state index contributed by atoms with van der Waals surface area (Å²) in [5.74, 6) is 0.998. The SMILES string of the molecule is COc1ccc(C)cc1N1C(=O)CSC1c1cccc(C(=O)NCCCCc2ccccc2)c1. The molecule has 2 amide bonds. The number of anilines is 1. The van der Waals surface area contributed by atoms with Crippen molar-refractivity contribution in [3.8, 4) is 5.75 Å². The standard InChI is InChI=1S/C28H30N2O3S/c1-20-14-15-25(33-2)24(17-20)30-26(31)19-34-28(30)23-13-8-12-22(18-23)27(32)29-16-7-6-11-21-9-4-3-5-10-21/h3-5,8-10,12-15,17-18,28H,6-7,11,16,19H2,1-2H3,(H,29,32). The van der Waals surface area contributed by atoms with E-state index in [2.05, 4.69) is 29.6 Å². The Hall–Kier alpha value is -3.25. The molecule has 1 saturated heterocycles. The second kappa shape index (κ2) is 11.3. The molecule has 3 aromatic rings. The summed E-state index contributed by atoms with van der Waals surface area (Å²) in [6.45, 7) is 2.63. The summed E-state index contributed by atoms with van der Waals surface area (Å²) >= 11 is 1.56. The van der Waals surface area contributed by atoms with Crippen LogP contribution in [0.25, 0.3) is 0 Å². The van der Waals surface area contributed by atoms with Crippen LogP contribution in [0.4, 0.5) is 5.69 Å². The molecule has 0 radical (unpaired) electrons. The lowest BCUT2D eigenvalue weighted by Crippen LogP contribution is -2.29. The minimum absolute atomic E-state index is 0.0344. The van der Waals surface area contributed by atoms with Gasteiger partial charge in [-0.1, -0.05) is 48.5 Å². The number of hydrogen-bond donors (Lipinski definition) is 1. The van der Waals surface area contributed by atoms with Crippen molar-refractivity contribution in [3.63, 3.8) is 0 Å². The van der Waals surface area contributed by atoms with E-state index in [4.69, 9.17) is 4.74 Å². The Balaban J connectivity index is 1.41. The van der Waals surface area contributed by atoms with Gasteiger partial charge in [0.15, 0.2) is 0 Å². The smallest absolute Gasteiger partial charge is 0.251 e. The van der Waals surface area contributed by atoms with E-state index in [-0.39, 0.29) is 17.2 Å². The largest absolute Gasteiger partial charge is 0.495 e. The fourth-order valence-corrected chi connectivity index (χ4v) is 5.31. The van der Waals surface area contributed by atoms with Crippen LogP contribution in [-0.4, -0.2) is 31.2 Å². The van der Waals surface area contributed by atoms with Gasteiger partial charge in [-0.15, -0.1) is 11.8 Å². The Morgan fingerprint density at radius 1 is 1.06 bits per heavy atom. The molecule has 5 nitrogen and oxygen atoms in total. The van der Waals surface area contributed by atoms with Crippen LogP contribution in [0.2, 0.25) is 0 Å². The van der Waals surface area contributed by atoms with Gasteiger partial charge in [-0.3, -0.25) is 14.5 Å². The van der Waals surface area contributed by atoms with Gasteiger partial charge < -0.3 is 10.1 Å². The first kappa shape index (κ1) is 23.9.